The Kier molecular flexibility index (Phi) is 30.0. The van der Waals surface area contributed by atoms with Gasteiger partial charge in [0, 0.05) is 142 Å². The van der Waals surface area contributed by atoms with E-state index in [0.717, 1.165) is 120 Å². The number of nitrogens with one attached hydrogen (secondary N) is 9. The second kappa shape index (κ2) is 42.8. The van der Waals surface area contributed by atoms with Crippen LogP contribution in [0.15, 0.2) is 237 Å². The Morgan fingerprint density at radius 1 is 0.407 bits per heavy atom. The van der Waals surface area contributed by atoms with Crippen LogP contribution in [0.5, 0.6) is 5.75 Å². The van der Waals surface area contributed by atoms with E-state index in [1.54, 1.807) is 40.4 Å². The first-order valence-corrected chi connectivity index (χ1v) is 47.0. The molecule has 14 amide bonds. The highest BCUT2D eigenvalue weighted by Gasteiger charge is 2.51. The number of nitro groups is 2. The van der Waals surface area contributed by atoms with Crippen molar-refractivity contribution in [2.75, 3.05) is 22.1 Å². The van der Waals surface area contributed by atoms with Crippen LogP contribution in [0.2, 0.25) is 0 Å². The van der Waals surface area contributed by atoms with Crippen LogP contribution in [-0.4, -0.2) is 180 Å². The molecule has 0 radical (unpaired) electrons. The van der Waals surface area contributed by atoms with E-state index in [1.165, 1.54) is 55.5 Å². The van der Waals surface area contributed by atoms with Gasteiger partial charge in [-0.3, -0.25) is 107 Å². The Hall–Kier alpha value is -17.7. The fraction of sp³-hybridized carbons (Fsp3) is 0.269. The summed E-state index contributed by atoms with van der Waals surface area (Å²) >= 11 is 5.19. The molecule has 3 saturated heterocycles. The van der Waals surface area contributed by atoms with Gasteiger partial charge in [0.05, 0.1) is 51.2 Å². The van der Waals surface area contributed by atoms with Gasteiger partial charge >= 0.3 is 5.97 Å². The summed E-state index contributed by atoms with van der Waals surface area (Å²) in [4.78, 5) is 215. The lowest BCUT2D eigenvalue weighted by Crippen LogP contribution is -2.51. The number of benzene rings is 7. The number of thiocarbonyl (C=S) groups is 1. The fourth-order valence-electron chi connectivity index (χ4n) is 18.6. The summed E-state index contributed by atoms with van der Waals surface area (Å²) < 4.78 is 5.00. The van der Waals surface area contributed by atoms with E-state index in [0.29, 0.717) is 122 Å². The van der Waals surface area contributed by atoms with Gasteiger partial charge in [0.15, 0.2) is 0 Å². The summed E-state index contributed by atoms with van der Waals surface area (Å²) in [5.41, 5.74) is 26.2. The maximum atomic E-state index is 12.6. The molecule has 13 N–H and O–H groups in total. The van der Waals surface area contributed by atoms with Gasteiger partial charge in [-0.05, 0) is 212 Å². The Bertz CT molecular complexity index is 6820. The zero-order valence-electron chi connectivity index (χ0n) is 79.7. The van der Waals surface area contributed by atoms with Gasteiger partial charge in [-0.25, -0.2) is 0 Å². The molecule has 40 nitrogen and oxygen atoms in total. The molecule has 21 rings (SSSR count). The minimum Gasteiger partial charge on any atom is -0.426 e. The van der Waals surface area contributed by atoms with Crippen molar-refractivity contribution in [2.24, 2.45) is 0 Å². The molecule has 0 spiro atoms. The predicted molar refractivity (Wildman–Crippen MR) is 536 cm³/mol. The Labute approximate surface area is 836 Å². The summed E-state index contributed by atoms with van der Waals surface area (Å²) in [5, 5.41) is 48.2. The molecule has 0 bridgehead atoms. The monoisotopic (exact) mass is 1980 g/mol. The molecule has 5 unspecified atom stereocenters. The largest absolute Gasteiger partial charge is 0.426 e. The van der Waals surface area contributed by atoms with Crippen molar-refractivity contribution in [1.29, 1.82) is 0 Å². The summed E-state index contributed by atoms with van der Waals surface area (Å²) in [7, 11) is 0. The number of hydrogen-bond acceptors (Lipinski definition) is 27. The van der Waals surface area contributed by atoms with Crippen molar-refractivity contribution < 1.29 is 86.5 Å². The highest BCUT2D eigenvalue weighted by molar-refractivity contribution is 7.80. The number of fused-ring (bicyclic) bond motifs is 7. The van der Waals surface area contributed by atoms with Gasteiger partial charge in [-0.15, -0.1) is 0 Å². The number of piperidine rings is 3. The van der Waals surface area contributed by atoms with E-state index >= 15 is 0 Å². The molecule has 14 aliphatic heterocycles. The molecule has 7 aromatic carbocycles. The van der Waals surface area contributed by atoms with Crippen molar-refractivity contribution in [3.8, 4) is 5.75 Å². The third-order valence-electron chi connectivity index (χ3n) is 25.7. The van der Waals surface area contributed by atoms with E-state index in [9.17, 15) is 92.1 Å². The van der Waals surface area contributed by atoms with Gasteiger partial charge in [0.2, 0.25) is 23.6 Å². The number of nitrogens with zero attached hydrogens (tertiary/aromatic N) is 9. The number of imide groups is 3. The predicted octanol–water partition coefficient (Wildman–Crippen LogP) is 11.4. The zero-order chi connectivity index (χ0) is 104. The van der Waals surface area contributed by atoms with E-state index in [2.05, 4.69) is 108 Å². The van der Waals surface area contributed by atoms with Crippen LogP contribution in [0.4, 0.5) is 34.1 Å². The zero-order valence-corrected chi connectivity index (χ0v) is 80.5. The molecule has 41 heteroatoms. The number of carbonyl (C=O) groups is 15. The fourth-order valence-corrected chi connectivity index (χ4v) is 19.0. The third kappa shape index (κ3) is 21.5. The molecule has 746 valence electrons. The van der Waals surface area contributed by atoms with Crippen LogP contribution >= 0.6 is 12.2 Å². The van der Waals surface area contributed by atoms with Crippen molar-refractivity contribution in [2.45, 2.75) is 180 Å². The average molecular weight is 1990 g/mol. The Morgan fingerprint density at radius 2 is 0.772 bits per heavy atom. The Balaban J connectivity index is 0.000000127. The quantitative estimate of drug-likeness (QED) is 0.00916. The molecular weight excluding hydrogens is 1880 g/mol. The molecule has 3 fully saturated rings. The number of hydrogen-bond donors (Lipinski definition) is 11. The minimum atomic E-state index is -0.975. The lowest BCUT2D eigenvalue weighted by atomic mass is 10.0. The molecule has 145 heavy (non-hydrogen) atoms. The second-order valence-electron chi connectivity index (χ2n) is 36.5. The number of anilines is 4. The highest BCUT2D eigenvalue weighted by Crippen LogP contribution is 2.41. The molecule has 0 saturated carbocycles. The molecule has 5 atom stereocenters. The molecule has 0 aliphatic carbocycles. The number of nitro benzene ring substituents is 2. The van der Waals surface area contributed by atoms with Gasteiger partial charge in [-0.2, -0.15) is 0 Å². The van der Waals surface area contributed by atoms with Crippen molar-refractivity contribution in [1.82, 2.24) is 71.5 Å². The maximum Gasteiger partial charge on any atom is 0.308 e. The summed E-state index contributed by atoms with van der Waals surface area (Å²) in [5.74, 6) is -5.71. The van der Waals surface area contributed by atoms with Crippen LogP contribution in [-0.2, 0) is 50.2 Å². The van der Waals surface area contributed by atoms with Crippen LogP contribution in [0.1, 0.15) is 238 Å². The SMILES string of the molecule is C=C1CCC(N2C(=O)c3cccc(OC(C)=O)c3C2=O)C(=O)N1.C=C1CCC(N2C(=O)c3cccc([N+](=O)[O-])c3C2=O)C(=O)N1.C=C1CCC(N2C(=O)c3cccc([N+](=O)[O-])c3C2=O)C(=S)N1.C=C1CCC(N2Cc3ccc(N)cc3C2=O)=CN1.C=C1CCC(N2Cc3ccc(NC(C)C)cc3C2=O)=CN1.CC(C)Nc1ccc2c(c1)C(=O)N(C1CC=CNC1=O)C2.Nc1ccc2c(c1)C(=O)N(C1CC=CNC1=O)C2. The standard InChI is InChI=1S/C17H21N3O.C16H19N3O2.C16H14N2O5.C14H11N3O5.C14H11N3O4S.C14H15N3O.C13H13N3O2/c1-11(2)19-14-6-5-13-10-20(17(21)16(13)8-14)15-7-4-12(3)18-9-15;1-10(2)18-12-6-5-11-9-19(16(21)13(11)8-12)14-4-3-7-17-15(14)20;1-8-6-7-11(14(20)17-8)18-15(21)10-4-3-5-12(23-9(2)19)13(10)16(18)22;1-7-5-6-10(12(18)15-7)16-13(19)8-3-2-4-9(17(21)22)11(8)14(16)20;1-7-5-6-10(12(22)15-7)16-13(18)8-3-2-4-9(17(20)21)11(8)14(16)19;1-9-2-5-12(7-16-9)17-8-10-3-4-11(15)6-13(10)14(17)18;14-9-4-3-8-7-16(13(18)10(8)6-9)11-2-1-5-15-12(11)17/h5-6,8-9,11,18-19H,3-4,7,10H2,1-2H3;3,5-8,10,14,18H,4,9H2,1-2H3,(H,17,20);3-5,11H,1,6-7H2,2H3,(H,17,20);2-4,10H,1,5-6H2,(H,15,18);2-4,10H,1,5-6H2,(H,15,22);3-4,6-7,16H,1-2,5,8,15H2;1,3-6,11H,2,7,14H2,(H,15,17). The summed E-state index contributed by atoms with van der Waals surface area (Å²) in [6, 6.07) is 32.4. The second-order valence-corrected chi connectivity index (χ2v) is 36.9. The van der Waals surface area contributed by atoms with E-state index in [-0.39, 0.29) is 86.7 Å². The minimum absolute atomic E-state index is 0.0184. The molecular formula is C104H104N20O20S. The van der Waals surface area contributed by atoms with E-state index in [4.69, 9.17) is 28.4 Å². The first-order valence-electron chi connectivity index (χ1n) is 46.6. The molecule has 0 aromatic heterocycles. The number of carbonyl (C=O) groups excluding carboxylic acids is 15. The number of rotatable bonds is 14. The van der Waals surface area contributed by atoms with E-state index in [1.807, 2.05) is 88.9 Å². The van der Waals surface area contributed by atoms with Crippen molar-refractivity contribution in [3.63, 3.8) is 0 Å². The topological polar surface area (TPSA) is 535 Å². The van der Waals surface area contributed by atoms with Gasteiger partial charge in [0.25, 0.3) is 70.4 Å². The smallest absolute Gasteiger partial charge is 0.308 e. The number of nitrogen functional groups attached to an aromatic ring is 2. The lowest BCUT2D eigenvalue weighted by Gasteiger charge is -2.31. The lowest BCUT2D eigenvalue weighted by molar-refractivity contribution is -0.385. The normalized spacial score (nSPS) is 20.2. The maximum absolute atomic E-state index is 12.6. The number of esters is 1. The molecule has 14 heterocycles. The summed E-state index contributed by atoms with van der Waals surface area (Å²) in [6.07, 6.45) is 17.9. The average Bonchev–Trinajstić information content (AvgIpc) is 1.60. The Morgan fingerprint density at radius 3 is 1.16 bits per heavy atom. The summed E-state index contributed by atoms with van der Waals surface area (Å²) in [6.45, 7) is 30.6. The van der Waals surface area contributed by atoms with Crippen LogP contribution in [0.3, 0.4) is 0 Å². The van der Waals surface area contributed by atoms with Gasteiger partial charge < -0.3 is 83.7 Å². The van der Waals surface area contributed by atoms with Crippen LogP contribution < -0.4 is 64.1 Å². The van der Waals surface area contributed by atoms with Crippen molar-refractivity contribution >= 4 is 140 Å². The van der Waals surface area contributed by atoms with Crippen LogP contribution in [0, 0.1) is 20.2 Å². The first kappa shape index (κ1) is 102. The third-order valence-corrected chi connectivity index (χ3v) is 26.1. The molecule has 7 aromatic rings. The number of ether oxygens (including phenoxy) is 1. The van der Waals surface area contributed by atoms with Crippen molar-refractivity contribution in [3.05, 3.63) is 335 Å². The van der Waals surface area contributed by atoms with Gasteiger partial charge in [-0.1, -0.05) is 99.7 Å². The van der Waals surface area contributed by atoms with Crippen LogP contribution in [0.25, 0.3) is 0 Å². The number of allylic oxidation sites excluding steroid dienone is 7. The first-order chi connectivity index (χ1) is 69.1. The molecule has 14 aliphatic rings. The number of nitrogens with two attached hydrogens (primary N) is 2. The van der Waals surface area contributed by atoms with Gasteiger partial charge in [0.1, 0.15) is 46.0 Å². The number of amides is 14. The highest BCUT2D eigenvalue weighted by atomic mass is 32.1. The van der Waals surface area contributed by atoms with E-state index < -0.39 is 99.0 Å².